The van der Waals surface area contributed by atoms with Gasteiger partial charge < -0.3 is 4.74 Å². The third-order valence-electron chi connectivity index (χ3n) is 7.66. The van der Waals surface area contributed by atoms with E-state index in [4.69, 9.17) is 4.74 Å². The Morgan fingerprint density at radius 1 is 0.500 bits per heavy atom. The van der Waals surface area contributed by atoms with Crippen molar-refractivity contribution in [2.24, 2.45) is 0 Å². The number of hydrogen-bond acceptors (Lipinski definition) is 1. The van der Waals surface area contributed by atoms with Gasteiger partial charge in [0.15, 0.2) is 0 Å². The molecular formula is C37H26O. The molecule has 0 N–H and O–H groups in total. The number of hydrogen-bond donors (Lipinski definition) is 0. The Kier molecular flexibility index (Phi) is 5.23. The number of benzene rings is 7. The third kappa shape index (κ3) is 3.55. The molecule has 7 aromatic rings. The van der Waals surface area contributed by atoms with Gasteiger partial charge in [-0.2, -0.15) is 0 Å². The molecule has 0 saturated heterocycles. The normalized spacial score (nSPS) is 11.4. The Labute approximate surface area is 222 Å². The number of rotatable bonds is 4. The van der Waals surface area contributed by atoms with E-state index in [0.29, 0.717) is 0 Å². The molecule has 0 heterocycles. The van der Waals surface area contributed by atoms with Crippen LogP contribution in [0.4, 0.5) is 0 Å². The smallest absolute Gasteiger partial charge is 0.119 e. The fourth-order valence-corrected chi connectivity index (χ4v) is 5.80. The zero-order chi connectivity index (χ0) is 25.6. The Morgan fingerprint density at radius 3 is 1.45 bits per heavy atom. The summed E-state index contributed by atoms with van der Waals surface area (Å²) >= 11 is 0. The van der Waals surface area contributed by atoms with Gasteiger partial charge in [-0.3, -0.25) is 0 Å². The van der Waals surface area contributed by atoms with Gasteiger partial charge in [0, 0.05) is 0 Å². The molecule has 7 rings (SSSR count). The molecule has 0 amide bonds. The van der Waals surface area contributed by atoms with Gasteiger partial charge in [-0.1, -0.05) is 104 Å². The van der Waals surface area contributed by atoms with Crippen molar-refractivity contribution in [3.63, 3.8) is 0 Å². The predicted octanol–water partition coefficient (Wildman–Crippen LogP) is 10.3. The van der Waals surface area contributed by atoms with Crippen LogP contribution in [0.1, 0.15) is 5.56 Å². The summed E-state index contributed by atoms with van der Waals surface area (Å²) in [6.07, 6.45) is 1.90. The van der Waals surface area contributed by atoms with Crippen LogP contribution in [0.25, 0.3) is 71.4 Å². The van der Waals surface area contributed by atoms with Crippen LogP contribution in [-0.2, 0) is 0 Å². The fourth-order valence-electron chi connectivity index (χ4n) is 5.80. The molecule has 180 valence electrons. The van der Waals surface area contributed by atoms with Crippen molar-refractivity contribution in [2.75, 3.05) is 7.11 Å². The van der Waals surface area contributed by atoms with Crippen molar-refractivity contribution in [1.29, 1.82) is 0 Å². The average Bonchev–Trinajstić information content (AvgIpc) is 2.98. The molecule has 1 nitrogen and oxygen atoms in total. The molecule has 0 saturated carbocycles. The van der Waals surface area contributed by atoms with E-state index in [-0.39, 0.29) is 0 Å². The molecule has 0 radical (unpaired) electrons. The van der Waals surface area contributed by atoms with Crippen LogP contribution in [0.15, 0.2) is 128 Å². The van der Waals surface area contributed by atoms with Gasteiger partial charge in [-0.05, 0) is 101 Å². The summed E-state index contributed by atoms with van der Waals surface area (Å²) < 4.78 is 5.44. The maximum Gasteiger partial charge on any atom is 0.119 e. The topological polar surface area (TPSA) is 9.23 Å². The molecule has 0 bridgehead atoms. The quantitative estimate of drug-likeness (QED) is 0.225. The van der Waals surface area contributed by atoms with E-state index in [0.717, 1.165) is 11.3 Å². The van der Waals surface area contributed by atoms with Gasteiger partial charge in [0.25, 0.3) is 0 Å². The van der Waals surface area contributed by atoms with E-state index >= 15 is 0 Å². The summed E-state index contributed by atoms with van der Waals surface area (Å²) in [7, 11) is 1.71. The van der Waals surface area contributed by atoms with Gasteiger partial charge in [-0.25, -0.2) is 0 Å². The van der Waals surface area contributed by atoms with Crippen LogP contribution >= 0.6 is 0 Å². The van der Waals surface area contributed by atoms with Crippen molar-refractivity contribution in [3.8, 4) is 28.0 Å². The Hall–Kier alpha value is -4.88. The zero-order valence-corrected chi connectivity index (χ0v) is 21.2. The molecule has 38 heavy (non-hydrogen) atoms. The molecule has 1 heteroatoms. The molecule has 0 atom stereocenters. The highest BCUT2D eigenvalue weighted by molar-refractivity contribution is 6.22. The first-order chi connectivity index (χ1) is 18.7. The molecule has 0 spiro atoms. The number of fused-ring (bicyclic) bond motifs is 4. The first kappa shape index (κ1) is 22.3. The summed E-state index contributed by atoms with van der Waals surface area (Å²) in [5.74, 6) is 0.876. The van der Waals surface area contributed by atoms with Crippen LogP contribution in [0.2, 0.25) is 0 Å². The van der Waals surface area contributed by atoms with Gasteiger partial charge in [0.05, 0.1) is 7.11 Å². The summed E-state index contributed by atoms with van der Waals surface area (Å²) in [6, 6.07) is 44.0. The highest BCUT2D eigenvalue weighted by Crippen LogP contribution is 2.44. The number of ether oxygens (including phenoxy) is 1. The molecule has 0 aliphatic carbocycles. The minimum Gasteiger partial charge on any atom is -0.497 e. The monoisotopic (exact) mass is 486 g/mol. The standard InChI is InChI=1S/C37H26O/c1-3-24-12-13-26-21-29(16-14-25(26)20-24)36-32-8-4-6-10-34(32)37(35-11-7-5-9-33(35)36)30-17-15-28-23-31(38-2)19-18-27(28)22-30/h3-23H,1H2,2H3. The minimum absolute atomic E-state index is 0.876. The van der Waals surface area contributed by atoms with Crippen molar-refractivity contribution < 1.29 is 4.74 Å². The predicted molar refractivity (Wildman–Crippen MR) is 164 cm³/mol. The van der Waals surface area contributed by atoms with E-state index in [2.05, 4.69) is 122 Å². The average molecular weight is 487 g/mol. The van der Waals surface area contributed by atoms with Crippen LogP contribution in [0.3, 0.4) is 0 Å². The third-order valence-corrected chi connectivity index (χ3v) is 7.66. The second kappa shape index (κ2) is 8.90. The van der Waals surface area contributed by atoms with Crippen molar-refractivity contribution in [2.45, 2.75) is 0 Å². The molecular weight excluding hydrogens is 460 g/mol. The summed E-state index contributed by atoms with van der Waals surface area (Å²) in [4.78, 5) is 0. The molecule has 0 aromatic heterocycles. The van der Waals surface area contributed by atoms with Gasteiger partial charge >= 0.3 is 0 Å². The Balaban J connectivity index is 1.53. The zero-order valence-electron chi connectivity index (χ0n) is 21.2. The Morgan fingerprint density at radius 2 is 0.947 bits per heavy atom. The summed E-state index contributed by atoms with van der Waals surface area (Å²) in [5.41, 5.74) is 6.14. The van der Waals surface area contributed by atoms with Crippen molar-refractivity contribution in [3.05, 3.63) is 133 Å². The summed E-state index contributed by atoms with van der Waals surface area (Å²) in [5, 5.41) is 9.88. The second-order valence-electron chi connectivity index (χ2n) is 9.79. The van der Waals surface area contributed by atoms with Gasteiger partial charge in [0.2, 0.25) is 0 Å². The lowest BCUT2D eigenvalue weighted by Crippen LogP contribution is -1.91. The largest absolute Gasteiger partial charge is 0.497 e. The molecule has 0 unspecified atom stereocenters. The van der Waals surface area contributed by atoms with E-state index in [1.807, 2.05) is 12.1 Å². The van der Waals surface area contributed by atoms with Crippen molar-refractivity contribution >= 4 is 49.2 Å². The van der Waals surface area contributed by atoms with Crippen LogP contribution < -0.4 is 4.74 Å². The summed E-state index contributed by atoms with van der Waals surface area (Å²) in [6.45, 7) is 3.92. The van der Waals surface area contributed by atoms with E-state index < -0.39 is 0 Å². The van der Waals surface area contributed by atoms with Gasteiger partial charge in [0.1, 0.15) is 5.75 Å². The molecule has 7 aromatic carbocycles. The second-order valence-corrected chi connectivity index (χ2v) is 9.79. The lowest BCUT2D eigenvalue weighted by Gasteiger charge is -2.18. The highest BCUT2D eigenvalue weighted by Gasteiger charge is 2.17. The van der Waals surface area contributed by atoms with Gasteiger partial charge in [-0.15, -0.1) is 0 Å². The van der Waals surface area contributed by atoms with Crippen LogP contribution in [0.5, 0.6) is 5.75 Å². The highest BCUT2D eigenvalue weighted by atomic mass is 16.5. The molecule has 0 aliphatic rings. The van der Waals surface area contributed by atoms with Crippen molar-refractivity contribution in [1.82, 2.24) is 0 Å². The fraction of sp³-hybridized carbons (Fsp3) is 0.0270. The Bertz CT molecular complexity index is 1970. The van der Waals surface area contributed by atoms with E-state index in [1.54, 1.807) is 7.11 Å². The first-order valence-corrected chi connectivity index (χ1v) is 12.9. The number of methoxy groups -OCH3 is 1. The first-order valence-electron chi connectivity index (χ1n) is 12.9. The SMILES string of the molecule is C=Cc1ccc2cc(-c3c4ccccc4c(-c4ccc5cc(OC)ccc5c4)c4ccccc34)ccc2c1. The lowest BCUT2D eigenvalue weighted by atomic mass is 9.85. The van der Waals surface area contributed by atoms with E-state index in [9.17, 15) is 0 Å². The molecule has 0 aliphatic heterocycles. The van der Waals surface area contributed by atoms with Crippen LogP contribution in [-0.4, -0.2) is 7.11 Å². The minimum atomic E-state index is 0.876. The maximum absolute atomic E-state index is 5.44. The van der Waals surface area contributed by atoms with E-state index in [1.165, 1.54) is 65.3 Å². The van der Waals surface area contributed by atoms with Crippen LogP contribution in [0, 0.1) is 0 Å². The maximum atomic E-state index is 5.44. The molecule has 0 fully saturated rings. The lowest BCUT2D eigenvalue weighted by molar-refractivity contribution is 0.415.